The summed E-state index contributed by atoms with van der Waals surface area (Å²) >= 11 is 1.75. The fourth-order valence-corrected chi connectivity index (χ4v) is 2.18. The molecule has 0 unspecified atom stereocenters. The molecule has 2 aromatic rings. The molecule has 0 fully saturated rings. The van der Waals surface area contributed by atoms with Crippen LogP contribution in [-0.2, 0) is 6.18 Å². The molecule has 21 heavy (non-hydrogen) atoms. The molecule has 0 atom stereocenters. The third kappa shape index (κ3) is 3.93. The summed E-state index contributed by atoms with van der Waals surface area (Å²) in [6, 6.07) is 8.26. The first kappa shape index (κ1) is 15.7. The van der Waals surface area contributed by atoms with Crippen molar-refractivity contribution in [2.75, 3.05) is 5.32 Å². The lowest BCUT2D eigenvalue weighted by molar-refractivity contribution is -0.137. The maximum atomic E-state index is 13.0. The molecule has 0 radical (unpaired) electrons. The predicted molar refractivity (Wildman–Crippen MR) is 78.5 cm³/mol. The van der Waals surface area contributed by atoms with Gasteiger partial charge in [0.15, 0.2) is 0 Å². The van der Waals surface area contributed by atoms with Crippen LogP contribution in [-0.4, -0.2) is 5.91 Å². The topological polar surface area (TPSA) is 29.1 Å². The van der Waals surface area contributed by atoms with Gasteiger partial charge in [0.2, 0.25) is 0 Å². The van der Waals surface area contributed by atoms with Crippen LogP contribution in [0.25, 0.3) is 0 Å². The molecule has 0 saturated heterocycles. The standard InChI is InChI=1S/C14H8F4INO/c15-9-3-1-2-8(6-9)13(21)20-12-5-4-10(19)7-11(12)14(16,17)18/h1-7H,(H,20,21). The van der Waals surface area contributed by atoms with Crippen LogP contribution in [0.4, 0.5) is 23.2 Å². The largest absolute Gasteiger partial charge is 0.418 e. The molecular weight excluding hydrogens is 401 g/mol. The van der Waals surface area contributed by atoms with Gasteiger partial charge in [-0.1, -0.05) is 6.07 Å². The van der Waals surface area contributed by atoms with Crippen molar-refractivity contribution in [1.82, 2.24) is 0 Å². The van der Waals surface area contributed by atoms with Gasteiger partial charge in [-0.3, -0.25) is 4.79 Å². The molecule has 110 valence electrons. The highest BCUT2D eigenvalue weighted by molar-refractivity contribution is 14.1. The molecule has 0 saturated carbocycles. The van der Waals surface area contributed by atoms with E-state index in [1.54, 1.807) is 22.6 Å². The number of hydrogen-bond acceptors (Lipinski definition) is 1. The average molecular weight is 409 g/mol. The van der Waals surface area contributed by atoms with Gasteiger partial charge in [-0.2, -0.15) is 13.2 Å². The van der Waals surface area contributed by atoms with Gasteiger partial charge in [-0.05, 0) is 59.0 Å². The smallest absolute Gasteiger partial charge is 0.321 e. The van der Waals surface area contributed by atoms with Crippen molar-refractivity contribution in [2.45, 2.75) is 6.18 Å². The molecule has 1 amide bonds. The average Bonchev–Trinajstić information content (AvgIpc) is 2.39. The molecule has 2 aromatic carbocycles. The minimum absolute atomic E-state index is 0.0540. The van der Waals surface area contributed by atoms with Gasteiger partial charge in [-0.15, -0.1) is 0 Å². The van der Waals surface area contributed by atoms with Gasteiger partial charge in [-0.25, -0.2) is 4.39 Å². The lowest BCUT2D eigenvalue weighted by atomic mass is 10.1. The number of hydrogen-bond donors (Lipinski definition) is 1. The summed E-state index contributed by atoms with van der Waals surface area (Å²) in [7, 11) is 0. The van der Waals surface area contributed by atoms with Crippen LogP contribution in [0.3, 0.4) is 0 Å². The Morgan fingerprint density at radius 2 is 1.81 bits per heavy atom. The van der Waals surface area contributed by atoms with Crippen molar-refractivity contribution in [2.24, 2.45) is 0 Å². The summed E-state index contributed by atoms with van der Waals surface area (Å²) in [6.07, 6.45) is -4.59. The zero-order valence-corrected chi connectivity index (χ0v) is 12.5. The number of carbonyl (C=O) groups excluding carboxylic acids is 1. The van der Waals surface area contributed by atoms with Crippen LogP contribution in [0, 0.1) is 9.39 Å². The van der Waals surface area contributed by atoms with E-state index < -0.39 is 23.5 Å². The fraction of sp³-hybridized carbons (Fsp3) is 0.0714. The Bertz CT molecular complexity index is 685. The first-order valence-electron chi connectivity index (χ1n) is 5.71. The van der Waals surface area contributed by atoms with Crippen molar-refractivity contribution in [3.8, 4) is 0 Å². The van der Waals surface area contributed by atoms with Gasteiger partial charge in [0.25, 0.3) is 5.91 Å². The second-order valence-corrected chi connectivity index (χ2v) is 5.40. The third-order valence-electron chi connectivity index (χ3n) is 2.62. The minimum Gasteiger partial charge on any atom is -0.321 e. The number of rotatable bonds is 2. The summed E-state index contributed by atoms with van der Waals surface area (Å²) in [5, 5.41) is 2.16. The van der Waals surface area contributed by atoms with Crippen molar-refractivity contribution < 1.29 is 22.4 Å². The lowest BCUT2D eigenvalue weighted by Crippen LogP contribution is -2.17. The highest BCUT2D eigenvalue weighted by atomic mass is 127. The van der Waals surface area contributed by atoms with E-state index in [0.717, 1.165) is 18.2 Å². The normalized spacial score (nSPS) is 11.3. The van der Waals surface area contributed by atoms with Crippen LogP contribution >= 0.6 is 22.6 Å². The van der Waals surface area contributed by atoms with E-state index in [4.69, 9.17) is 0 Å². The molecule has 0 spiro atoms. The minimum atomic E-state index is -4.59. The quantitative estimate of drug-likeness (QED) is 0.566. The number of nitrogens with one attached hydrogen (secondary N) is 1. The zero-order chi connectivity index (χ0) is 15.6. The van der Waals surface area contributed by atoms with Gasteiger partial charge in [0, 0.05) is 9.13 Å². The van der Waals surface area contributed by atoms with Crippen LogP contribution in [0.15, 0.2) is 42.5 Å². The van der Waals surface area contributed by atoms with Crippen LogP contribution in [0.5, 0.6) is 0 Å². The van der Waals surface area contributed by atoms with E-state index in [2.05, 4.69) is 5.32 Å². The Morgan fingerprint density at radius 3 is 2.43 bits per heavy atom. The summed E-state index contributed by atoms with van der Waals surface area (Å²) in [5.41, 5.74) is -1.36. The SMILES string of the molecule is O=C(Nc1ccc(I)cc1C(F)(F)F)c1cccc(F)c1. The van der Waals surface area contributed by atoms with Crippen LogP contribution in [0.2, 0.25) is 0 Å². The Hall–Kier alpha value is -1.64. The van der Waals surface area contributed by atoms with E-state index in [1.807, 2.05) is 0 Å². The van der Waals surface area contributed by atoms with E-state index in [1.165, 1.54) is 24.3 Å². The first-order chi connectivity index (χ1) is 9.77. The Labute approximate surface area is 131 Å². The van der Waals surface area contributed by atoms with Gasteiger partial charge < -0.3 is 5.32 Å². The molecule has 0 aromatic heterocycles. The molecule has 0 heterocycles. The molecule has 2 nitrogen and oxygen atoms in total. The van der Waals surface area contributed by atoms with Crippen molar-refractivity contribution in [1.29, 1.82) is 0 Å². The van der Waals surface area contributed by atoms with E-state index in [-0.39, 0.29) is 11.3 Å². The van der Waals surface area contributed by atoms with E-state index in [0.29, 0.717) is 3.57 Å². The number of amides is 1. The second-order valence-electron chi connectivity index (χ2n) is 4.15. The molecule has 2 rings (SSSR count). The summed E-state index contributed by atoms with van der Waals surface area (Å²) in [6.45, 7) is 0. The number of carbonyl (C=O) groups is 1. The monoisotopic (exact) mass is 409 g/mol. The van der Waals surface area contributed by atoms with Crippen molar-refractivity contribution in [3.63, 3.8) is 0 Å². The van der Waals surface area contributed by atoms with Crippen molar-refractivity contribution >= 4 is 34.2 Å². The number of alkyl halides is 3. The summed E-state index contributed by atoms with van der Waals surface area (Å²) in [5.74, 6) is -1.44. The summed E-state index contributed by atoms with van der Waals surface area (Å²) in [4.78, 5) is 11.9. The molecule has 0 aliphatic rings. The summed E-state index contributed by atoms with van der Waals surface area (Å²) < 4.78 is 52.2. The first-order valence-corrected chi connectivity index (χ1v) is 6.79. The van der Waals surface area contributed by atoms with Gasteiger partial charge in [0.05, 0.1) is 11.3 Å². The predicted octanol–water partition coefficient (Wildman–Crippen LogP) is 4.70. The van der Waals surface area contributed by atoms with E-state index >= 15 is 0 Å². The molecular formula is C14H8F4INO. The maximum Gasteiger partial charge on any atom is 0.418 e. The maximum absolute atomic E-state index is 13.0. The highest BCUT2D eigenvalue weighted by Crippen LogP contribution is 2.36. The fourth-order valence-electron chi connectivity index (χ4n) is 1.68. The third-order valence-corrected chi connectivity index (χ3v) is 3.29. The van der Waals surface area contributed by atoms with Gasteiger partial charge >= 0.3 is 6.18 Å². The van der Waals surface area contributed by atoms with Crippen molar-refractivity contribution in [3.05, 3.63) is 63.0 Å². The van der Waals surface area contributed by atoms with E-state index in [9.17, 15) is 22.4 Å². The van der Waals surface area contributed by atoms with Crippen LogP contribution in [0.1, 0.15) is 15.9 Å². The van der Waals surface area contributed by atoms with Crippen LogP contribution < -0.4 is 5.32 Å². The Morgan fingerprint density at radius 1 is 1.10 bits per heavy atom. The molecule has 0 aliphatic heterocycles. The highest BCUT2D eigenvalue weighted by Gasteiger charge is 2.34. The lowest BCUT2D eigenvalue weighted by Gasteiger charge is -2.14. The Balaban J connectivity index is 2.34. The molecule has 7 heteroatoms. The van der Waals surface area contributed by atoms with Gasteiger partial charge in [0.1, 0.15) is 5.82 Å². The molecule has 0 aliphatic carbocycles. The number of benzene rings is 2. The number of halogens is 5. The molecule has 0 bridgehead atoms. The second kappa shape index (κ2) is 6.00. The zero-order valence-electron chi connectivity index (χ0n) is 10.3. The molecule has 1 N–H and O–H groups in total. The number of anilines is 1. The Kier molecular flexibility index (Phi) is 4.50.